The summed E-state index contributed by atoms with van der Waals surface area (Å²) in [6.07, 6.45) is 1.88. The van der Waals surface area contributed by atoms with Gasteiger partial charge in [-0.05, 0) is 44.6 Å². The van der Waals surface area contributed by atoms with Crippen molar-refractivity contribution in [3.05, 3.63) is 35.4 Å². The van der Waals surface area contributed by atoms with Gasteiger partial charge in [-0.3, -0.25) is 19.6 Å². The third-order valence-corrected chi connectivity index (χ3v) is 6.42. The predicted octanol–water partition coefficient (Wildman–Crippen LogP) is 1.62. The van der Waals surface area contributed by atoms with E-state index >= 15 is 0 Å². The molecule has 28 heavy (non-hydrogen) atoms. The molecule has 2 saturated heterocycles. The summed E-state index contributed by atoms with van der Waals surface area (Å²) in [5.41, 5.74) is 3.15. The number of amides is 3. The monoisotopic (exact) mass is 387 g/mol. The van der Waals surface area contributed by atoms with Crippen LogP contribution < -0.4 is 5.48 Å². The van der Waals surface area contributed by atoms with E-state index in [2.05, 4.69) is 0 Å². The SMILES string of the molecule is CC(=O)N1CCC([C@H](C(=O)NO)N2CCC(C)(c3ccc(C)cc3)C2=O)CC1. The first kappa shape index (κ1) is 20.3. The Morgan fingerprint density at radius 3 is 2.32 bits per heavy atom. The van der Waals surface area contributed by atoms with Crippen LogP contribution >= 0.6 is 0 Å². The molecule has 0 aromatic heterocycles. The quantitative estimate of drug-likeness (QED) is 0.607. The van der Waals surface area contributed by atoms with Crippen LogP contribution in [0.25, 0.3) is 0 Å². The number of aryl methyl sites for hydroxylation is 1. The maximum Gasteiger partial charge on any atom is 0.266 e. The molecule has 2 fully saturated rings. The van der Waals surface area contributed by atoms with E-state index in [0.717, 1.165) is 11.1 Å². The zero-order valence-corrected chi connectivity index (χ0v) is 16.8. The predicted molar refractivity (Wildman–Crippen MR) is 104 cm³/mol. The molecule has 0 bridgehead atoms. The number of nitrogens with zero attached hydrogens (tertiary/aromatic N) is 2. The molecule has 1 aromatic carbocycles. The number of nitrogens with one attached hydrogen (secondary N) is 1. The highest BCUT2D eigenvalue weighted by Gasteiger charge is 2.49. The normalized spacial score (nSPS) is 24.4. The number of hydrogen-bond acceptors (Lipinski definition) is 4. The first-order chi connectivity index (χ1) is 13.3. The Morgan fingerprint density at radius 2 is 1.79 bits per heavy atom. The van der Waals surface area contributed by atoms with Gasteiger partial charge in [0.15, 0.2) is 0 Å². The van der Waals surface area contributed by atoms with E-state index in [0.29, 0.717) is 38.9 Å². The fourth-order valence-corrected chi connectivity index (χ4v) is 4.53. The first-order valence-electron chi connectivity index (χ1n) is 9.85. The van der Waals surface area contributed by atoms with Crippen LogP contribution in [-0.4, -0.2) is 58.4 Å². The van der Waals surface area contributed by atoms with Gasteiger partial charge in [0.05, 0.1) is 5.41 Å². The van der Waals surface area contributed by atoms with Crippen molar-refractivity contribution in [1.29, 1.82) is 0 Å². The van der Waals surface area contributed by atoms with E-state index in [1.165, 1.54) is 6.92 Å². The molecule has 7 nitrogen and oxygen atoms in total. The first-order valence-corrected chi connectivity index (χ1v) is 9.85. The van der Waals surface area contributed by atoms with Gasteiger partial charge in [0, 0.05) is 26.6 Å². The van der Waals surface area contributed by atoms with E-state index in [9.17, 15) is 19.6 Å². The third kappa shape index (κ3) is 3.63. The zero-order valence-electron chi connectivity index (χ0n) is 16.8. The number of hydroxylamine groups is 1. The Hall–Kier alpha value is -2.41. The Balaban J connectivity index is 1.82. The highest BCUT2D eigenvalue weighted by atomic mass is 16.5. The minimum Gasteiger partial charge on any atom is -0.343 e. The fourth-order valence-electron chi connectivity index (χ4n) is 4.53. The van der Waals surface area contributed by atoms with Gasteiger partial charge in [0.2, 0.25) is 11.8 Å². The van der Waals surface area contributed by atoms with Gasteiger partial charge in [-0.1, -0.05) is 29.8 Å². The van der Waals surface area contributed by atoms with Crippen molar-refractivity contribution >= 4 is 17.7 Å². The molecule has 2 heterocycles. The van der Waals surface area contributed by atoms with E-state index < -0.39 is 17.4 Å². The Morgan fingerprint density at radius 1 is 1.18 bits per heavy atom. The van der Waals surface area contributed by atoms with E-state index in [1.807, 2.05) is 38.1 Å². The van der Waals surface area contributed by atoms with Crippen LogP contribution in [-0.2, 0) is 19.8 Å². The maximum atomic E-state index is 13.4. The molecule has 2 aliphatic rings. The maximum absolute atomic E-state index is 13.4. The molecule has 0 saturated carbocycles. The molecule has 152 valence electrons. The van der Waals surface area contributed by atoms with Crippen LogP contribution in [0, 0.1) is 12.8 Å². The summed E-state index contributed by atoms with van der Waals surface area (Å²) in [4.78, 5) is 40.9. The minimum absolute atomic E-state index is 0.0193. The average Bonchev–Trinajstić information content (AvgIpc) is 2.99. The van der Waals surface area contributed by atoms with Crippen molar-refractivity contribution < 1.29 is 19.6 Å². The summed E-state index contributed by atoms with van der Waals surface area (Å²) in [6, 6.07) is 7.21. The second-order valence-electron chi connectivity index (χ2n) is 8.21. The Labute approximate surface area is 165 Å². The number of hydrogen-bond donors (Lipinski definition) is 2. The molecule has 2 aliphatic heterocycles. The largest absolute Gasteiger partial charge is 0.343 e. The number of piperidine rings is 1. The minimum atomic E-state index is -0.723. The summed E-state index contributed by atoms with van der Waals surface area (Å²) in [5.74, 6) is -0.709. The second-order valence-corrected chi connectivity index (χ2v) is 8.21. The van der Waals surface area contributed by atoms with Crippen LogP contribution in [0.2, 0.25) is 0 Å². The molecule has 1 unspecified atom stereocenters. The molecule has 3 amide bonds. The number of benzene rings is 1. The number of rotatable bonds is 4. The van der Waals surface area contributed by atoms with Gasteiger partial charge in [-0.25, -0.2) is 5.48 Å². The van der Waals surface area contributed by atoms with E-state index in [4.69, 9.17) is 0 Å². The second kappa shape index (κ2) is 7.91. The summed E-state index contributed by atoms with van der Waals surface area (Å²) >= 11 is 0. The van der Waals surface area contributed by atoms with Crippen LogP contribution in [0.5, 0.6) is 0 Å². The summed E-state index contributed by atoms with van der Waals surface area (Å²) < 4.78 is 0. The molecule has 0 spiro atoms. The van der Waals surface area contributed by atoms with Crippen molar-refractivity contribution in [2.75, 3.05) is 19.6 Å². The molecule has 3 rings (SSSR count). The molecule has 0 radical (unpaired) electrons. The van der Waals surface area contributed by atoms with E-state index in [-0.39, 0.29) is 17.7 Å². The topological polar surface area (TPSA) is 89.9 Å². The molecule has 0 aliphatic carbocycles. The smallest absolute Gasteiger partial charge is 0.266 e. The fraction of sp³-hybridized carbons (Fsp3) is 0.571. The zero-order chi connectivity index (χ0) is 20.5. The summed E-state index contributed by atoms with van der Waals surface area (Å²) in [5, 5.41) is 9.30. The molecular formula is C21H29N3O4. The lowest BCUT2D eigenvalue weighted by atomic mass is 9.80. The van der Waals surface area contributed by atoms with Crippen molar-refractivity contribution in [1.82, 2.24) is 15.3 Å². The van der Waals surface area contributed by atoms with Gasteiger partial charge in [0.25, 0.3) is 5.91 Å². The van der Waals surface area contributed by atoms with Crippen LogP contribution in [0.4, 0.5) is 0 Å². The molecule has 1 aromatic rings. The summed E-state index contributed by atoms with van der Waals surface area (Å²) in [7, 11) is 0. The lowest BCUT2D eigenvalue weighted by Crippen LogP contribution is -2.55. The third-order valence-electron chi connectivity index (χ3n) is 6.42. The number of likely N-dealkylation sites (tertiary alicyclic amines) is 2. The molecule has 2 atom stereocenters. The molecule has 2 N–H and O–H groups in total. The van der Waals surface area contributed by atoms with Gasteiger partial charge in [-0.15, -0.1) is 0 Å². The van der Waals surface area contributed by atoms with Gasteiger partial charge >= 0.3 is 0 Å². The Kier molecular flexibility index (Phi) is 5.74. The van der Waals surface area contributed by atoms with Gasteiger partial charge in [0.1, 0.15) is 6.04 Å². The standard InChI is InChI=1S/C21H29N3O4/c1-14-4-6-17(7-5-14)21(3)10-13-24(20(21)27)18(19(26)22-28)16-8-11-23(12-9-16)15(2)25/h4-7,16,18,28H,8-13H2,1-3H3,(H,22,26)/t18-,21?/m1/s1. The van der Waals surface area contributed by atoms with Gasteiger partial charge in [-0.2, -0.15) is 0 Å². The summed E-state index contributed by atoms with van der Waals surface area (Å²) in [6.45, 7) is 7.05. The molecular weight excluding hydrogens is 358 g/mol. The Bertz CT molecular complexity index is 755. The van der Waals surface area contributed by atoms with Crippen LogP contribution in [0.1, 0.15) is 44.2 Å². The van der Waals surface area contributed by atoms with Crippen LogP contribution in [0.3, 0.4) is 0 Å². The lowest BCUT2D eigenvalue weighted by molar-refractivity contribution is -0.147. The molecule has 7 heteroatoms. The van der Waals surface area contributed by atoms with Crippen molar-refractivity contribution in [3.8, 4) is 0 Å². The van der Waals surface area contributed by atoms with Crippen molar-refractivity contribution in [3.63, 3.8) is 0 Å². The number of carbonyl (C=O) groups is 3. The average molecular weight is 387 g/mol. The highest BCUT2D eigenvalue weighted by molar-refractivity contribution is 5.94. The van der Waals surface area contributed by atoms with Crippen molar-refractivity contribution in [2.24, 2.45) is 5.92 Å². The highest BCUT2D eigenvalue weighted by Crippen LogP contribution is 2.38. The lowest BCUT2D eigenvalue weighted by Gasteiger charge is -2.39. The van der Waals surface area contributed by atoms with E-state index in [1.54, 1.807) is 15.3 Å². The number of carbonyl (C=O) groups excluding carboxylic acids is 3. The van der Waals surface area contributed by atoms with Crippen molar-refractivity contribution in [2.45, 2.75) is 51.5 Å². The van der Waals surface area contributed by atoms with Gasteiger partial charge < -0.3 is 9.80 Å². The van der Waals surface area contributed by atoms with Crippen LogP contribution in [0.15, 0.2) is 24.3 Å².